The van der Waals surface area contributed by atoms with Crippen LogP contribution in [0.5, 0.6) is 0 Å². The highest BCUT2D eigenvalue weighted by molar-refractivity contribution is 6.36. The van der Waals surface area contributed by atoms with Gasteiger partial charge in [0.05, 0.1) is 10.8 Å². The van der Waals surface area contributed by atoms with Crippen molar-refractivity contribution < 1.29 is 23.8 Å². The van der Waals surface area contributed by atoms with E-state index in [9.17, 15) is 19.1 Å². The lowest BCUT2D eigenvalue weighted by Gasteiger charge is -2.20. The molecule has 0 saturated heterocycles. The third-order valence-electron chi connectivity index (χ3n) is 3.73. The summed E-state index contributed by atoms with van der Waals surface area (Å²) >= 11 is 11.9. The number of aliphatic carboxylic acids is 1. The molecule has 0 heterocycles. The molecular weight excluding hydrogens is 422 g/mol. The molecule has 0 saturated carbocycles. The van der Waals surface area contributed by atoms with Crippen LogP contribution in [0.4, 0.5) is 9.18 Å². The van der Waals surface area contributed by atoms with E-state index in [2.05, 4.69) is 10.3 Å². The molecule has 0 aliphatic rings. The molecular formula is C20H25Cl2FN2O4. The molecule has 1 amide bonds. The Balaban J connectivity index is 2.69. The highest BCUT2D eigenvalue weighted by atomic mass is 35.5. The Morgan fingerprint density at radius 2 is 1.93 bits per heavy atom. The number of ether oxygens (including phenoxy) is 1. The fraction of sp³-hybridized carbons (Fsp3) is 0.450. The number of carboxylic acid groups (broad SMARTS) is 1. The summed E-state index contributed by atoms with van der Waals surface area (Å²) in [4.78, 5) is 27.3. The van der Waals surface area contributed by atoms with Gasteiger partial charge in [-0.05, 0) is 52.3 Å². The Hall–Kier alpha value is -2.12. The van der Waals surface area contributed by atoms with E-state index in [4.69, 9.17) is 27.9 Å². The van der Waals surface area contributed by atoms with Crippen molar-refractivity contribution in [2.75, 3.05) is 6.54 Å². The molecule has 1 aromatic carbocycles. The zero-order chi connectivity index (χ0) is 22.2. The van der Waals surface area contributed by atoms with Gasteiger partial charge in [0.2, 0.25) is 0 Å². The fourth-order valence-corrected chi connectivity index (χ4v) is 2.53. The number of amides is 1. The monoisotopic (exact) mass is 446 g/mol. The maximum absolute atomic E-state index is 14.0. The van der Waals surface area contributed by atoms with Gasteiger partial charge in [0.25, 0.3) is 0 Å². The van der Waals surface area contributed by atoms with Crippen LogP contribution in [-0.2, 0) is 9.53 Å². The standard InChI is InChI=1S/C20H25Cl2FN2O4/c1-19(2,3)29-18(28)24-10-8-15(23)7-9-20(4,17(26)27)25-12-13-5-6-14(21)11-16(13)22/h5-6,8,11-12H,7,9-10H2,1-4H3,(H,24,28)(H,26,27). The van der Waals surface area contributed by atoms with Crippen molar-refractivity contribution in [1.82, 2.24) is 5.32 Å². The van der Waals surface area contributed by atoms with Gasteiger partial charge in [-0.1, -0.05) is 29.3 Å². The molecule has 0 bridgehead atoms. The highest BCUT2D eigenvalue weighted by Crippen LogP contribution is 2.24. The van der Waals surface area contributed by atoms with Crippen LogP contribution < -0.4 is 5.32 Å². The molecule has 1 unspecified atom stereocenters. The number of carbonyl (C=O) groups excluding carboxylic acids is 1. The predicted octanol–water partition coefficient (Wildman–Crippen LogP) is 5.41. The first-order chi connectivity index (χ1) is 13.3. The van der Waals surface area contributed by atoms with Crippen molar-refractivity contribution >= 4 is 41.5 Å². The van der Waals surface area contributed by atoms with Gasteiger partial charge in [0.15, 0.2) is 5.54 Å². The third-order valence-corrected chi connectivity index (χ3v) is 4.29. The summed E-state index contributed by atoms with van der Waals surface area (Å²) in [6.07, 6.45) is 1.58. The summed E-state index contributed by atoms with van der Waals surface area (Å²) < 4.78 is 19.1. The van der Waals surface area contributed by atoms with Gasteiger partial charge in [0.1, 0.15) is 5.60 Å². The van der Waals surface area contributed by atoms with E-state index in [0.717, 1.165) is 6.08 Å². The van der Waals surface area contributed by atoms with E-state index in [0.29, 0.717) is 15.6 Å². The Kier molecular flexibility index (Phi) is 9.11. The quantitative estimate of drug-likeness (QED) is 0.522. The largest absolute Gasteiger partial charge is 0.479 e. The minimum atomic E-state index is -1.55. The molecule has 0 aromatic heterocycles. The first kappa shape index (κ1) is 24.9. The van der Waals surface area contributed by atoms with Gasteiger partial charge in [-0.25, -0.2) is 14.0 Å². The van der Waals surface area contributed by atoms with E-state index in [1.54, 1.807) is 32.9 Å². The normalized spacial score (nSPS) is 14.5. The van der Waals surface area contributed by atoms with Crippen LogP contribution in [0, 0.1) is 0 Å². The van der Waals surface area contributed by atoms with Gasteiger partial charge in [-0.3, -0.25) is 4.99 Å². The number of alkyl carbamates (subject to hydrolysis) is 1. The number of carbonyl (C=O) groups is 2. The van der Waals surface area contributed by atoms with E-state index in [1.807, 2.05) is 0 Å². The molecule has 160 valence electrons. The van der Waals surface area contributed by atoms with Crippen LogP contribution in [-0.4, -0.2) is 41.1 Å². The Morgan fingerprint density at radius 3 is 2.48 bits per heavy atom. The molecule has 1 aromatic rings. The Bertz CT molecular complexity index is 806. The summed E-state index contributed by atoms with van der Waals surface area (Å²) in [6, 6.07) is 4.73. The number of rotatable bonds is 8. The molecule has 0 spiro atoms. The van der Waals surface area contributed by atoms with Gasteiger partial charge in [-0.15, -0.1) is 0 Å². The maximum atomic E-state index is 14.0. The number of hydrogen-bond donors (Lipinski definition) is 2. The summed E-state index contributed by atoms with van der Waals surface area (Å²) in [7, 11) is 0. The van der Waals surface area contributed by atoms with Crippen LogP contribution in [0.25, 0.3) is 0 Å². The Labute approximate surface area is 179 Å². The SMILES string of the molecule is CC(C)(C)OC(=O)NCC=C(F)CCC(C)(N=Cc1ccc(Cl)cc1Cl)C(=O)O. The highest BCUT2D eigenvalue weighted by Gasteiger charge is 2.32. The smallest absolute Gasteiger partial charge is 0.407 e. The molecule has 6 nitrogen and oxygen atoms in total. The first-order valence-electron chi connectivity index (χ1n) is 8.87. The molecule has 0 fully saturated rings. The zero-order valence-electron chi connectivity index (χ0n) is 16.8. The molecule has 0 aliphatic heterocycles. The van der Waals surface area contributed by atoms with Crippen LogP contribution in [0.1, 0.15) is 46.1 Å². The summed E-state index contributed by atoms with van der Waals surface area (Å²) in [5.74, 6) is -1.76. The lowest BCUT2D eigenvalue weighted by Crippen LogP contribution is -2.33. The molecule has 1 atom stereocenters. The molecule has 29 heavy (non-hydrogen) atoms. The first-order valence-corrected chi connectivity index (χ1v) is 9.63. The predicted molar refractivity (Wildman–Crippen MR) is 113 cm³/mol. The van der Waals surface area contributed by atoms with E-state index in [1.165, 1.54) is 19.2 Å². The van der Waals surface area contributed by atoms with E-state index in [-0.39, 0.29) is 19.4 Å². The lowest BCUT2D eigenvalue weighted by molar-refractivity contribution is -0.142. The average molecular weight is 447 g/mol. The number of halogens is 3. The number of carboxylic acids is 1. The second-order valence-electron chi connectivity index (χ2n) is 7.54. The van der Waals surface area contributed by atoms with Crippen LogP contribution in [0.2, 0.25) is 10.0 Å². The number of nitrogens with zero attached hydrogens (tertiary/aromatic N) is 1. The van der Waals surface area contributed by atoms with Crippen LogP contribution in [0.15, 0.2) is 35.1 Å². The molecule has 1 rings (SSSR count). The molecule has 9 heteroatoms. The van der Waals surface area contributed by atoms with Crippen LogP contribution in [0.3, 0.4) is 0 Å². The number of nitrogens with one attached hydrogen (secondary N) is 1. The second kappa shape index (κ2) is 10.6. The minimum Gasteiger partial charge on any atom is -0.479 e. The number of benzene rings is 1. The lowest BCUT2D eigenvalue weighted by atomic mass is 9.96. The van der Waals surface area contributed by atoms with Crippen molar-refractivity contribution in [3.8, 4) is 0 Å². The van der Waals surface area contributed by atoms with Crippen molar-refractivity contribution in [2.45, 2.75) is 51.7 Å². The van der Waals surface area contributed by atoms with Crippen molar-refractivity contribution in [3.05, 3.63) is 45.7 Å². The molecule has 0 aliphatic carbocycles. The van der Waals surface area contributed by atoms with Gasteiger partial charge in [-0.2, -0.15) is 0 Å². The third kappa shape index (κ3) is 9.28. The van der Waals surface area contributed by atoms with E-state index >= 15 is 0 Å². The number of aliphatic imine (C=N–C) groups is 1. The molecule has 2 N–H and O–H groups in total. The maximum Gasteiger partial charge on any atom is 0.407 e. The fourth-order valence-electron chi connectivity index (χ4n) is 2.07. The van der Waals surface area contributed by atoms with Crippen molar-refractivity contribution in [2.24, 2.45) is 4.99 Å². The number of hydrogen-bond acceptors (Lipinski definition) is 4. The van der Waals surface area contributed by atoms with E-state index < -0.39 is 29.0 Å². The summed E-state index contributed by atoms with van der Waals surface area (Å²) in [5.41, 5.74) is -1.70. The van der Waals surface area contributed by atoms with Gasteiger partial charge in [0, 0.05) is 29.8 Å². The summed E-state index contributed by atoms with van der Waals surface area (Å²) in [5, 5.41) is 12.7. The summed E-state index contributed by atoms with van der Waals surface area (Å²) in [6.45, 7) is 6.46. The second-order valence-corrected chi connectivity index (χ2v) is 8.38. The van der Waals surface area contributed by atoms with Crippen molar-refractivity contribution in [1.29, 1.82) is 0 Å². The van der Waals surface area contributed by atoms with Crippen molar-refractivity contribution in [3.63, 3.8) is 0 Å². The van der Waals surface area contributed by atoms with Gasteiger partial charge < -0.3 is 15.2 Å². The number of allylic oxidation sites excluding steroid dienone is 1. The minimum absolute atomic E-state index is 0.0752. The van der Waals surface area contributed by atoms with Crippen LogP contribution >= 0.6 is 23.2 Å². The zero-order valence-corrected chi connectivity index (χ0v) is 18.3. The van der Waals surface area contributed by atoms with Gasteiger partial charge >= 0.3 is 12.1 Å². The Morgan fingerprint density at radius 1 is 1.28 bits per heavy atom. The average Bonchev–Trinajstić information content (AvgIpc) is 2.57. The molecule has 0 radical (unpaired) electrons. The topological polar surface area (TPSA) is 88.0 Å².